The van der Waals surface area contributed by atoms with Crippen molar-refractivity contribution in [3.05, 3.63) is 48.5 Å². The van der Waals surface area contributed by atoms with Crippen LogP contribution in [0.5, 0.6) is 17.2 Å². The van der Waals surface area contributed by atoms with E-state index in [1.165, 1.54) is 0 Å². The number of nitrogens with zero attached hydrogens (tertiary/aromatic N) is 1. The molecular formula is C18H22N2O4. The number of ether oxygens (including phenoxy) is 3. The van der Waals surface area contributed by atoms with Crippen molar-refractivity contribution >= 4 is 11.7 Å². The van der Waals surface area contributed by atoms with Crippen molar-refractivity contribution in [2.45, 2.75) is 0 Å². The lowest BCUT2D eigenvalue weighted by Crippen LogP contribution is -2.34. The van der Waals surface area contributed by atoms with Gasteiger partial charge < -0.3 is 24.4 Å². The van der Waals surface area contributed by atoms with Gasteiger partial charge in [0.2, 0.25) is 0 Å². The summed E-state index contributed by atoms with van der Waals surface area (Å²) in [5, 5.41) is 2.81. The Morgan fingerprint density at radius 1 is 1.00 bits per heavy atom. The first-order chi connectivity index (χ1) is 11.6. The average molecular weight is 330 g/mol. The van der Waals surface area contributed by atoms with Gasteiger partial charge in [0.05, 0.1) is 26.5 Å². The fourth-order valence-electron chi connectivity index (χ4n) is 2.03. The number of methoxy groups -OCH3 is 2. The van der Waals surface area contributed by atoms with Crippen LogP contribution < -0.4 is 19.5 Å². The van der Waals surface area contributed by atoms with Crippen molar-refractivity contribution < 1.29 is 19.0 Å². The molecule has 0 aliphatic heterocycles. The minimum Gasteiger partial charge on any atom is -0.497 e. The molecule has 1 N–H and O–H groups in total. The molecule has 128 valence electrons. The van der Waals surface area contributed by atoms with E-state index in [1.807, 2.05) is 36.4 Å². The summed E-state index contributed by atoms with van der Waals surface area (Å²) in [6.07, 6.45) is 0. The molecule has 0 saturated heterocycles. The van der Waals surface area contributed by atoms with Gasteiger partial charge in [-0.3, -0.25) is 0 Å². The molecular weight excluding hydrogens is 308 g/mol. The molecule has 0 aliphatic carbocycles. The number of rotatable bonds is 7. The first-order valence-electron chi connectivity index (χ1n) is 7.56. The van der Waals surface area contributed by atoms with Crippen LogP contribution in [0.15, 0.2) is 48.5 Å². The Bertz CT molecular complexity index is 658. The van der Waals surface area contributed by atoms with Crippen molar-refractivity contribution in [2.75, 3.05) is 39.7 Å². The van der Waals surface area contributed by atoms with Crippen LogP contribution in [-0.4, -0.2) is 45.3 Å². The maximum Gasteiger partial charge on any atom is 0.321 e. The smallest absolute Gasteiger partial charge is 0.321 e. The summed E-state index contributed by atoms with van der Waals surface area (Å²) >= 11 is 0. The van der Waals surface area contributed by atoms with E-state index in [9.17, 15) is 4.79 Å². The highest BCUT2D eigenvalue weighted by atomic mass is 16.5. The van der Waals surface area contributed by atoms with Crippen LogP contribution in [0.25, 0.3) is 0 Å². The predicted octanol–water partition coefficient (Wildman–Crippen LogP) is 3.25. The van der Waals surface area contributed by atoms with E-state index in [-0.39, 0.29) is 6.03 Å². The Hall–Kier alpha value is -2.89. The third-order valence-corrected chi connectivity index (χ3v) is 3.45. The summed E-state index contributed by atoms with van der Waals surface area (Å²) in [5.74, 6) is 2.12. The van der Waals surface area contributed by atoms with Gasteiger partial charge in [0, 0.05) is 7.05 Å². The Morgan fingerprint density at radius 2 is 1.67 bits per heavy atom. The normalized spacial score (nSPS) is 9.96. The van der Waals surface area contributed by atoms with Gasteiger partial charge in [-0.05, 0) is 36.4 Å². The molecule has 0 bridgehead atoms. The highest BCUT2D eigenvalue weighted by molar-refractivity contribution is 5.90. The monoisotopic (exact) mass is 330 g/mol. The first-order valence-corrected chi connectivity index (χ1v) is 7.56. The van der Waals surface area contributed by atoms with E-state index in [0.717, 1.165) is 11.5 Å². The number of carbonyl (C=O) groups excluding carboxylic acids is 1. The number of para-hydroxylation sites is 2. The third-order valence-electron chi connectivity index (χ3n) is 3.45. The molecule has 0 unspecified atom stereocenters. The number of urea groups is 1. The summed E-state index contributed by atoms with van der Waals surface area (Å²) in [6, 6.07) is 14.4. The van der Waals surface area contributed by atoms with Crippen LogP contribution in [0.2, 0.25) is 0 Å². The molecule has 0 radical (unpaired) electrons. The molecule has 24 heavy (non-hydrogen) atoms. The molecule has 2 amide bonds. The van der Waals surface area contributed by atoms with E-state index >= 15 is 0 Å². The van der Waals surface area contributed by atoms with Crippen molar-refractivity contribution in [2.24, 2.45) is 0 Å². The SMILES string of the molecule is COc1ccc(OCCN(C)C(=O)Nc2ccccc2OC)cc1. The second kappa shape index (κ2) is 8.67. The van der Waals surface area contributed by atoms with Crippen LogP contribution in [-0.2, 0) is 0 Å². The Balaban J connectivity index is 1.80. The van der Waals surface area contributed by atoms with E-state index in [4.69, 9.17) is 14.2 Å². The maximum atomic E-state index is 12.2. The largest absolute Gasteiger partial charge is 0.497 e. The minimum absolute atomic E-state index is 0.224. The van der Waals surface area contributed by atoms with Crippen molar-refractivity contribution in [3.63, 3.8) is 0 Å². The number of amides is 2. The average Bonchev–Trinajstić information content (AvgIpc) is 2.62. The first kappa shape index (κ1) is 17.5. The molecule has 2 aromatic carbocycles. The molecule has 0 atom stereocenters. The molecule has 0 aliphatic rings. The number of hydrogen-bond acceptors (Lipinski definition) is 4. The van der Waals surface area contributed by atoms with Gasteiger partial charge >= 0.3 is 6.03 Å². The van der Waals surface area contributed by atoms with Gasteiger partial charge in [-0.2, -0.15) is 0 Å². The van der Waals surface area contributed by atoms with Crippen molar-refractivity contribution in [1.82, 2.24) is 4.90 Å². The highest BCUT2D eigenvalue weighted by Crippen LogP contribution is 2.23. The second-order valence-electron chi connectivity index (χ2n) is 5.08. The molecule has 0 fully saturated rings. The number of benzene rings is 2. The number of likely N-dealkylation sites (N-methyl/N-ethyl adjacent to an activating group) is 1. The van der Waals surface area contributed by atoms with Crippen LogP contribution in [0, 0.1) is 0 Å². The topological polar surface area (TPSA) is 60.0 Å². The molecule has 0 heterocycles. The fraction of sp³-hybridized carbons (Fsp3) is 0.278. The number of anilines is 1. The summed E-state index contributed by atoms with van der Waals surface area (Å²) in [7, 11) is 4.89. The Labute approximate surface area is 141 Å². The second-order valence-corrected chi connectivity index (χ2v) is 5.08. The van der Waals surface area contributed by atoms with Gasteiger partial charge in [0.15, 0.2) is 0 Å². The molecule has 2 aromatic rings. The summed E-state index contributed by atoms with van der Waals surface area (Å²) in [6.45, 7) is 0.842. The third kappa shape index (κ3) is 4.81. The quantitative estimate of drug-likeness (QED) is 0.846. The van der Waals surface area contributed by atoms with E-state index in [0.29, 0.717) is 24.6 Å². The standard InChI is InChI=1S/C18H22N2O4/c1-20(12-13-24-15-10-8-14(22-2)9-11-15)18(21)19-16-6-4-5-7-17(16)23-3/h4-11H,12-13H2,1-3H3,(H,19,21). The molecule has 0 saturated carbocycles. The van der Waals surface area contributed by atoms with Gasteiger partial charge in [-0.1, -0.05) is 12.1 Å². The van der Waals surface area contributed by atoms with Crippen molar-refractivity contribution in [3.8, 4) is 17.2 Å². The molecule has 2 rings (SSSR count). The predicted molar refractivity (Wildman–Crippen MR) is 93.1 cm³/mol. The van der Waals surface area contributed by atoms with Crippen molar-refractivity contribution in [1.29, 1.82) is 0 Å². The van der Waals surface area contributed by atoms with Crippen LogP contribution in [0.4, 0.5) is 10.5 Å². The zero-order valence-electron chi connectivity index (χ0n) is 14.1. The molecule has 0 spiro atoms. The Kier molecular flexibility index (Phi) is 6.31. The van der Waals surface area contributed by atoms with Gasteiger partial charge in [0.1, 0.15) is 23.9 Å². The van der Waals surface area contributed by atoms with E-state index < -0.39 is 0 Å². The van der Waals surface area contributed by atoms with Crippen LogP contribution in [0.3, 0.4) is 0 Å². The zero-order chi connectivity index (χ0) is 17.4. The molecule has 6 heteroatoms. The maximum absolute atomic E-state index is 12.2. The van der Waals surface area contributed by atoms with Gasteiger partial charge in [0.25, 0.3) is 0 Å². The summed E-state index contributed by atoms with van der Waals surface area (Å²) < 4.78 is 15.9. The lowest BCUT2D eigenvalue weighted by atomic mass is 10.3. The van der Waals surface area contributed by atoms with Gasteiger partial charge in [-0.25, -0.2) is 4.79 Å². The summed E-state index contributed by atoms with van der Waals surface area (Å²) in [5.41, 5.74) is 0.632. The van der Waals surface area contributed by atoms with Gasteiger partial charge in [-0.15, -0.1) is 0 Å². The highest BCUT2D eigenvalue weighted by Gasteiger charge is 2.11. The summed E-state index contributed by atoms with van der Waals surface area (Å²) in [4.78, 5) is 13.7. The number of nitrogens with one attached hydrogen (secondary N) is 1. The van der Waals surface area contributed by atoms with Crippen LogP contribution in [0.1, 0.15) is 0 Å². The lowest BCUT2D eigenvalue weighted by molar-refractivity contribution is 0.207. The Morgan fingerprint density at radius 3 is 2.33 bits per heavy atom. The molecule has 6 nitrogen and oxygen atoms in total. The lowest BCUT2D eigenvalue weighted by Gasteiger charge is -2.19. The van der Waals surface area contributed by atoms with Crippen LogP contribution >= 0.6 is 0 Å². The fourth-order valence-corrected chi connectivity index (χ4v) is 2.03. The number of hydrogen-bond donors (Lipinski definition) is 1. The van der Waals surface area contributed by atoms with E-state index in [1.54, 1.807) is 38.3 Å². The zero-order valence-corrected chi connectivity index (χ0v) is 14.1. The van der Waals surface area contributed by atoms with E-state index in [2.05, 4.69) is 5.32 Å². The minimum atomic E-state index is -0.224. The molecule has 0 aromatic heterocycles. The number of carbonyl (C=O) groups is 1.